The van der Waals surface area contributed by atoms with Crippen molar-refractivity contribution in [2.75, 3.05) is 31.4 Å². The van der Waals surface area contributed by atoms with Crippen molar-refractivity contribution in [2.45, 2.75) is 6.54 Å². The van der Waals surface area contributed by atoms with Gasteiger partial charge in [-0.15, -0.1) is 0 Å². The van der Waals surface area contributed by atoms with Gasteiger partial charge in [0, 0.05) is 37.6 Å². The van der Waals surface area contributed by atoms with Gasteiger partial charge in [-0.05, 0) is 65.7 Å². The molecule has 0 bridgehead atoms. The molecule has 0 radical (unpaired) electrons. The van der Waals surface area contributed by atoms with Crippen molar-refractivity contribution in [1.82, 2.24) is 5.32 Å². The van der Waals surface area contributed by atoms with Gasteiger partial charge >= 0.3 is 6.03 Å². The Bertz CT molecular complexity index is 1070. The Labute approximate surface area is 188 Å². The fraction of sp³-hybridized carbons (Fsp3) is 0.154. The number of benzene rings is 3. The zero-order chi connectivity index (χ0) is 22.9. The lowest BCUT2D eigenvalue weighted by molar-refractivity contribution is 0.104. The predicted molar refractivity (Wildman–Crippen MR) is 129 cm³/mol. The van der Waals surface area contributed by atoms with E-state index < -0.39 is 0 Å². The van der Waals surface area contributed by atoms with E-state index in [0.29, 0.717) is 17.8 Å². The number of urea groups is 1. The molecule has 0 aromatic heterocycles. The quantitative estimate of drug-likeness (QED) is 0.391. The Hall–Kier alpha value is -4.06. The molecule has 0 unspecified atom stereocenters. The number of ether oxygens (including phenoxy) is 1. The number of methoxy groups -OCH3 is 1. The third-order valence-electron chi connectivity index (χ3n) is 4.88. The van der Waals surface area contributed by atoms with Crippen LogP contribution in [0.25, 0.3) is 6.08 Å². The first-order valence-electron chi connectivity index (χ1n) is 10.2. The van der Waals surface area contributed by atoms with E-state index >= 15 is 0 Å². The normalized spacial score (nSPS) is 10.6. The summed E-state index contributed by atoms with van der Waals surface area (Å²) in [5.41, 5.74) is 4.18. The zero-order valence-electron chi connectivity index (χ0n) is 18.5. The first-order chi connectivity index (χ1) is 15.4. The van der Waals surface area contributed by atoms with E-state index in [1.807, 2.05) is 67.5 Å². The van der Waals surface area contributed by atoms with Gasteiger partial charge in [-0.1, -0.05) is 30.3 Å². The molecule has 6 nitrogen and oxygen atoms in total. The van der Waals surface area contributed by atoms with Gasteiger partial charge in [0.1, 0.15) is 5.75 Å². The summed E-state index contributed by atoms with van der Waals surface area (Å²) in [5, 5.41) is 5.56. The molecule has 0 fully saturated rings. The van der Waals surface area contributed by atoms with Gasteiger partial charge in [-0.2, -0.15) is 0 Å². The molecule has 3 rings (SSSR count). The van der Waals surface area contributed by atoms with Crippen LogP contribution in [0.2, 0.25) is 0 Å². The molecular weight excluding hydrogens is 402 g/mol. The van der Waals surface area contributed by atoms with Crippen LogP contribution in [-0.4, -0.2) is 33.0 Å². The summed E-state index contributed by atoms with van der Waals surface area (Å²) in [5.74, 6) is 0.669. The van der Waals surface area contributed by atoms with Crippen LogP contribution in [0.4, 0.5) is 16.2 Å². The molecule has 164 valence electrons. The second kappa shape index (κ2) is 10.8. The van der Waals surface area contributed by atoms with Crippen LogP contribution in [0.3, 0.4) is 0 Å². The van der Waals surface area contributed by atoms with Crippen molar-refractivity contribution in [2.24, 2.45) is 0 Å². The average molecular weight is 430 g/mol. The maximum atomic E-state index is 12.4. The van der Waals surface area contributed by atoms with Crippen LogP contribution < -0.4 is 20.3 Å². The highest BCUT2D eigenvalue weighted by Gasteiger charge is 2.05. The summed E-state index contributed by atoms with van der Waals surface area (Å²) >= 11 is 0. The Balaban J connectivity index is 1.50. The molecular formula is C26H27N3O3. The number of rotatable bonds is 8. The fourth-order valence-corrected chi connectivity index (χ4v) is 2.97. The number of nitrogens with one attached hydrogen (secondary N) is 2. The second-order valence-corrected chi connectivity index (χ2v) is 7.42. The molecule has 0 saturated carbocycles. The van der Waals surface area contributed by atoms with Crippen LogP contribution in [0.5, 0.6) is 5.75 Å². The van der Waals surface area contributed by atoms with E-state index in [-0.39, 0.29) is 11.8 Å². The average Bonchev–Trinajstić information content (AvgIpc) is 2.82. The summed E-state index contributed by atoms with van der Waals surface area (Å²) in [6.07, 6.45) is 3.34. The van der Waals surface area contributed by atoms with E-state index in [4.69, 9.17) is 4.74 Å². The summed E-state index contributed by atoms with van der Waals surface area (Å²) in [7, 11) is 5.58. The second-order valence-electron chi connectivity index (χ2n) is 7.42. The highest BCUT2D eigenvalue weighted by atomic mass is 16.5. The first-order valence-corrected chi connectivity index (χ1v) is 10.2. The molecule has 0 atom stereocenters. The molecule has 3 aromatic carbocycles. The molecule has 0 aliphatic carbocycles. The fourth-order valence-electron chi connectivity index (χ4n) is 2.97. The van der Waals surface area contributed by atoms with Gasteiger partial charge < -0.3 is 20.3 Å². The smallest absolute Gasteiger partial charge is 0.319 e. The molecule has 0 aliphatic heterocycles. The number of hydrogen-bond donors (Lipinski definition) is 2. The molecule has 6 heteroatoms. The van der Waals surface area contributed by atoms with E-state index in [1.54, 1.807) is 43.5 Å². The van der Waals surface area contributed by atoms with E-state index in [0.717, 1.165) is 22.6 Å². The molecule has 0 spiro atoms. The number of allylic oxidation sites excluding steroid dienone is 1. The molecule has 2 N–H and O–H groups in total. The number of amides is 2. The Morgan fingerprint density at radius 2 is 1.56 bits per heavy atom. The molecule has 0 saturated heterocycles. The lowest BCUT2D eigenvalue weighted by atomic mass is 10.1. The molecule has 32 heavy (non-hydrogen) atoms. The summed E-state index contributed by atoms with van der Waals surface area (Å²) in [4.78, 5) is 26.6. The number of carbonyl (C=O) groups is 2. The zero-order valence-corrected chi connectivity index (χ0v) is 18.5. The molecule has 3 aromatic rings. The number of hydrogen-bond acceptors (Lipinski definition) is 4. The van der Waals surface area contributed by atoms with Crippen molar-refractivity contribution in [3.05, 3.63) is 95.6 Å². The van der Waals surface area contributed by atoms with Crippen molar-refractivity contribution in [3.63, 3.8) is 0 Å². The standard InChI is InChI=1S/C26H27N3O3/c1-29(2)23-13-4-19(5-14-23)8-17-25(30)21-9-11-22(12-10-21)28-26(31)27-18-20-6-15-24(32-3)16-7-20/h4-17H,18H2,1-3H3,(H2,27,28,31). The predicted octanol–water partition coefficient (Wildman–Crippen LogP) is 4.98. The minimum absolute atomic E-state index is 0.0998. The maximum absolute atomic E-state index is 12.4. The van der Waals surface area contributed by atoms with Crippen molar-refractivity contribution in [1.29, 1.82) is 0 Å². The summed E-state index contributed by atoms with van der Waals surface area (Å²) < 4.78 is 5.12. The lowest BCUT2D eigenvalue weighted by Gasteiger charge is -2.11. The summed E-state index contributed by atoms with van der Waals surface area (Å²) in [6, 6.07) is 21.9. The first kappa shape index (κ1) is 22.6. The number of carbonyl (C=O) groups excluding carboxylic acids is 2. The van der Waals surface area contributed by atoms with Gasteiger partial charge in [0.25, 0.3) is 0 Å². The van der Waals surface area contributed by atoms with Crippen molar-refractivity contribution in [3.8, 4) is 5.75 Å². The van der Waals surface area contributed by atoms with E-state index in [1.165, 1.54) is 0 Å². The summed E-state index contributed by atoms with van der Waals surface area (Å²) in [6.45, 7) is 0.396. The maximum Gasteiger partial charge on any atom is 0.319 e. The molecule has 0 aliphatic rings. The Morgan fingerprint density at radius 3 is 2.16 bits per heavy atom. The van der Waals surface area contributed by atoms with Crippen LogP contribution in [0.15, 0.2) is 78.9 Å². The van der Waals surface area contributed by atoms with Crippen LogP contribution in [-0.2, 0) is 6.54 Å². The number of ketones is 1. The van der Waals surface area contributed by atoms with Gasteiger partial charge in [-0.3, -0.25) is 4.79 Å². The molecule has 2 amide bonds. The topological polar surface area (TPSA) is 70.7 Å². The monoisotopic (exact) mass is 429 g/mol. The van der Waals surface area contributed by atoms with Gasteiger partial charge in [0.15, 0.2) is 5.78 Å². The minimum atomic E-state index is -0.319. The van der Waals surface area contributed by atoms with Crippen LogP contribution in [0.1, 0.15) is 21.5 Å². The highest BCUT2D eigenvalue weighted by Crippen LogP contribution is 2.15. The van der Waals surface area contributed by atoms with Gasteiger partial charge in [0.2, 0.25) is 0 Å². The van der Waals surface area contributed by atoms with Crippen LogP contribution in [0, 0.1) is 0 Å². The largest absolute Gasteiger partial charge is 0.497 e. The number of nitrogens with zero attached hydrogens (tertiary/aromatic N) is 1. The third kappa shape index (κ3) is 6.47. The van der Waals surface area contributed by atoms with Gasteiger partial charge in [-0.25, -0.2) is 4.79 Å². The van der Waals surface area contributed by atoms with Crippen molar-refractivity contribution >= 4 is 29.3 Å². The SMILES string of the molecule is COc1ccc(CNC(=O)Nc2ccc(C(=O)C=Cc3ccc(N(C)C)cc3)cc2)cc1. The Kier molecular flexibility index (Phi) is 7.65. The Morgan fingerprint density at radius 1 is 0.906 bits per heavy atom. The third-order valence-corrected chi connectivity index (χ3v) is 4.88. The van der Waals surface area contributed by atoms with E-state index in [2.05, 4.69) is 10.6 Å². The molecule has 0 heterocycles. The number of anilines is 2. The minimum Gasteiger partial charge on any atom is -0.497 e. The lowest BCUT2D eigenvalue weighted by Crippen LogP contribution is -2.28. The van der Waals surface area contributed by atoms with Crippen LogP contribution >= 0.6 is 0 Å². The highest BCUT2D eigenvalue weighted by molar-refractivity contribution is 6.07. The van der Waals surface area contributed by atoms with E-state index in [9.17, 15) is 9.59 Å². The van der Waals surface area contributed by atoms with Crippen molar-refractivity contribution < 1.29 is 14.3 Å². The van der Waals surface area contributed by atoms with Gasteiger partial charge in [0.05, 0.1) is 7.11 Å².